The molecule has 0 aliphatic carbocycles. The quantitative estimate of drug-likeness (QED) is 0.483. The van der Waals surface area contributed by atoms with E-state index < -0.39 is 11.1 Å². The summed E-state index contributed by atoms with van der Waals surface area (Å²) in [5, 5.41) is 2.79. The van der Waals surface area contributed by atoms with Crippen LogP contribution < -0.4 is 10.1 Å². The van der Waals surface area contributed by atoms with Gasteiger partial charge in [0.25, 0.3) is 17.1 Å². The molecule has 0 radical (unpaired) electrons. The van der Waals surface area contributed by atoms with Crippen LogP contribution in [0.2, 0.25) is 5.02 Å². The molecule has 2 aromatic carbocycles. The van der Waals surface area contributed by atoms with Gasteiger partial charge in [0.15, 0.2) is 6.61 Å². The zero-order valence-electron chi connectivity index (χ0n) is 18.9. The van der Waals surface area contributed by atoms with Gasteiger partial charge in [-0.15, -0.1) is 0 Å². The summed E-state index contributed by atoms with van der Waals surface area (Å²) < 4.78 is 11.4. The number of nitrogens with one attached hydrogen (secondary N) is 1. The summed E-state index contributed by atoms with van der Waals surface area (Å²) in [7, 11) is 0. The second kappa shape index (κ2) is 11.9. The second-order valence-corrected chi connectivity index (χ2v) is 10.1. The number of benzene rings is 2. The predicted molar refractivity (Wildman–Crippen MR) is 140 cm³/mol. The molecule has 0 bridgehead atoms. The molecule has 2 fully saturated rings. The number of thioether (sulfide) groups is 1. The summed E-state index contributed by atoms with van der Waals surface area (Å²) in [5.41, 5.74) is 1.24. The van der Waals surface area contributed by atoms with Crippen molar-refractivity contribution in [1.82, 2.24) is 9.80 Å². The van der Waals surface area contributed by atoms with Crippen LogP contribution in [0.4, 0.5) is 10.5 Å². The van der Waals surface area contributed by atoms with Crippen LogP contribution in [0.25, 0.3) is 6.08 Å². The summed E-state index contributed by atoms with van der Waals surface area (Å²) in [4.78, 5) is 52.5. The zero-order chi connectivity index (χ0) is 25.7. The minimum Gasteiger partial charge on any atom is -0.483 e. The van der Waals surface area contributed by atoms with E-state index in [1.165, 1.54) is 0 Å². The van der Waals surface area contributed by atoms with E-state index in [1.54, 1.807) is 53.4 Å². The maximum absolute atomic E-state index is 12.8. The van der Waals surface area contributed by atoms with Crippen molar-refractivity contribution in [2.45, 2.75) is 0 Å². The monoisotopic (exact) mass is 593 g/mol. The van der Waals surface area contributed by atoms with Crippen molar-refractivity contribution in [2.24, 2.45) is 0 Å². The normalized spacial score (nSPS) is 17.0. The van der Waals surface area contributed by atoms with E-state index in [-0.39, 0.29) is 29.9 Å². The van der Waals surface area contributed by atoms with Gasteiger partial charge in [-0.1, -0.05) is 17.7 Å². The fourth-order valence-electron chi connectivity index (χ4n) is 3.43. The SMILES string of the molecule is O=C(COc1ccc(/C=C2\SC(=O)N(CC(=O)N3CCOCC3)C2=O)cc1Br)Nc1ccc(Cl)cc1. The molecule has 0 aromatic heterocycles. The number of hydrogen-bond donors (Lipinski definition) is 1. The van der Waals surface area contributed by atoms with Gasteiger partial charge in [-0.25, -0.2) is 0 Å². The maximum Gasteiger partial charge on any atom is 0.294 e. The zero-order valence-corrected chi connectivity index (χ0v) is 22.0. The van der Waals surface area contributed by atoms with E-state index in [4.69, 9.17) is 21.1 Å². The van der Waals surface area contributed by atoms with Crippen LogP contribution in [0.3, 0.4) is 0 Å². The lowest BCUT2D eigenvalue weighted by Gasteiger charge is -2.28. The van der Waals surface area contributed by atoms with Crippen LogP contribution in [-0.2, 0) is 19.1 Å². The highest BCUT2D eigenvalue weighted by Crippen LogP contribution is 2.34. The lowest BCUT2D eigenvalue weighted by molar-refractivity contribution is -0.139. The topological polar surface area (TPSA) is 105 Å². The van der Waals surface area contributed by atoms with Gasteiger partial charge >= 0.3 is 0 Å². The molecule has 2 heterocycles. The number of anilines is 1. The van der Waals surface area contributed by atoms with Gasteiger partial charge in [-0.2, -0.15) is 0 Å². The third-order valence-corrected chi connectivity index (χ3v) is 7.05. The van der Waals surface area contributed by atoms with Crippen LogP contribution in [0.5, 0.6) is 5.75 Å². The third-order valence-electron chi connectivity index (χ3n) is 5.27. The average molecular weight is 595 g/mol. The molecule has 2 aliphatic rings. The molecule has 4 amide bonds. The molecule has 12 heteroatoms. The fraction of sp³-hybridized carbons (Fsp3) is 0.250. The Morgan fingerprint density at radius 3 is 2.56 bits per heavy atom. The van der Waals surface area contributed by atoms with Gasteiger partial charge in [-0.3, -0.25) is 24.1 Å². The Kier molecular flexibility index (Phi) is 8.68. The fourth-order valence-corrected chi connectivity index (χ4v) is 4.91. The Morgan fingerprint density at radius 2 is 1.86 bits per heavy atom. The summed E-state index contributed by atoms with van der Waals surface area (Å²) >= 11 is 10.0. The molecule has 2 aliphatic heterocycles. The average Bonchev–Trinajstić information content (AvgIpc) is 3.12. The first kappa shape index (κ1) is 26.2. The standard InChI is InChI=1S/C24H21BrClN3O6S/c25-18-11-15(1-6-19(18)35-14-21(30)27-17-4-2-16(26)3-5-17)12-20-23(32)29(24(33)36-20)13-22(31)28-7-9-34-10-8-28/h1-6,11-12H,7-10,13-14H2,(H,27,30)/b20-12-. The Balaban J connectivity index is 1.34. The smallest absolute Gasteiger partial charge is 0.294 e. The Labute approximate surface area is 224 Å². The van der Waals surface area contributed by atoms with Crippen molar-refractivity contribution < 1.29 is 28.7 Å². The van der Waals surface area contributed by atoms with Gasteiger partial charge in [0.05, 0.1) is 22.6 Å². The first-order valence-corrected chi connectivity index (χ1v) is 12.9. The van der Waals surface area contributed by atoms with E-state index in [0.29, 0.717) is 52.8 Å². The van der Waals surface area contributed by atoms with Crippen molar-refractivity contribution in [3.63, 3.8) is 0 Å². The van der Waals surface area contributed by atoms with Crippen LogP contribution in [0, 0.1) is 0 Å². The molecule has 9 nitrogen and oxygen atoms in total. The third kappa shape index (κ3) is 6.67. The largest absolute Gasteiger partial charge is 0.483 e. The van der Waals surface area contributed by atoms with Crippen molar-refractivity contribution in [3.05, 3.63) is 62.4 Å². The van der Waals surface area contributed by atoms with Gasteiger partial charge in [0.2, 0.25) is 5.91 Å². The lowest BCUT2D eigenvalue weighted by Crippen LogP contribution is -2.46. The number of hydrogen-bond acceptors (Lipinski definition) is 7. The molecular formula is C24H21BrClN3O6S. The number of carbonyl (C=O) groups excluding carboxylic acids is 4. The Bertz CT molecular complexity index is 1220. The van der Waals surface area contributed by atoms with Gasteiger partial charge in [0.1, 0.15) is 12.3 Å². The van der Waals surface area contributed by atoms with Crippen molar-refractivity contribution in [3.8, 4) is 5.75 Å². The highest BCUT2D eigenvalue weighted by molar-refractivity contribution is 9.10. The minimum absolute atomic E-state index is 0.212. The number of carbonyl (C=O) groups is 4. The molecule has 2 aromatic rings. The summed E-state index contributed by atoms with van der Waals surface area (Å²) in [5.74, 6) is -0.704. The Morgan fingerprint density at radius 1 is 1.14 bits per heavy atom. The van der Waals surface area contributed by atoms with Crippen molar-refractivity contribution in [2.75, 3.05) is 44.8 Å². The molecule has 0 spiro atoms. The second-order valence-electron chi connectivity index (χ2n) is 7.79. The van der Waals surface area contributed by atoms with E-state index in [9.17, 15) is 19.2 Å². The van der Waals surface area contributed by atoms with Crippen LogP contribution in [-0.4, -0.2) is 72.2 Å². The van der Waals surface area contributed by atoms with Crippen LogP contribution in [0.1, 0.15) is 5.56 Å². The molecule has 0 atom stereocenters. The highest BCUT2D eigenvalue weighted by Gasteiger charge is 2.37. The number of ether oxygens (including phenoxy) is 2. The first-order chi connectivity index (χ1) is 17.3. The van der Waals surface area contributed by atoms with Crippen LogP contribution in [0.15, 0.2) is 51.8 Å². The molecular weight excluding hydrogens is 574 g/mol. The number of halogens is 2. The predicted octanol–water partition coefficient (Wildman–Crippen LogP) is 4.02. The molecule has 0 saturated carbocycles. The van der Waals surface area contributed by atoms with E-state index in [2.05, 4.69) is 21.2 Å². The highest BCUT2D eigenvalue weighted by atomic mass is 79.9. The number of morpholine rings is 1. The lowest BCUT2D eigenvalue weighted by atomic mass is 10.2. The molecule has 36 heavy (non-hydrogen) atoms. The number of rotatable bonds is 7. The number of nitrogens with zero attached hydrogens (tertiary/aromatic N) is 2. The summed E-state index contributed by atoms with van der Waals surface area (Å²) in [6, 6.07) is 11.8. The molecule has 0 unspecified atom stereocenters. The van der Waals surface area contributed by atoms with Gasteiger partial charge in [-0.05, 0) is 75.7 Å². The molecule has 4 rings (SSSR count). The van der Waals surface area contributed by atoms with Crippen molar-refractivity contribution in [1.29, 1.82) is 0 Å². The Hall–Kier alpha value is -2.86. The van der Waals surface area contributed by atoms with E-state index >= 15 is 0 Å². The van der Waals surface area contributed by atoms with Gasteiger partial charge in [0, 0.05) is 23.8 Å². The molecule has 188 valence electrons. The number of imide groups is 1. The maximum atomic E-state index is 12.8. The van der Waals surface area contributed by atoms with Gasteiger partial charge < -0.3 is 19.7 Å². The summed E-state index contributed by atoms with van der Waals surface area (Å²) in [6.45, 7) is 1.25. The minimum atomic E-state index is -0.512. The number of amides is 4. The molecule has 2 saturated heterocycles. The summed E-state index contributed by atoms with van der Waals surface area (Å²) in [6.07, 6.45) is 1.58. The first-order valence-electron chi connectivity index (χ1n) is 10.9. The van der Waals surface area contributed by atoms with Crippen molar-refractivity contribution >= 4 is 74.0 Å². The molecule has 1 N–H and O–H groups in total. The van der Waals surface area contributed by atoms with Crippen LogP contribution >= 0.6 is 39.3 Å². The van der Waals surface area contributed by atoms with E-state index in [0.717, 1.165) is 16.7 Å². The van der Waals surface area contributed by atoms with E-state index in [1.807, 2.05) is 0 Å².